The Bertz CT molecular complexity index is 430. The molecule has 16 heavy (non-hydrogen) atoms. The largest absolute Gasteiger partial charge is 0.395 e. The molecule has 1 unspecified atom stereocenters. The van der Waals surface area contributed by atoms with Crippen molar-refractivity contribution in [3.05, 3.63) is 35.6 Å². The number of nitrogens with one attached hydrogen (secondary N) is 1. The minimum absolute atomic E-state index is 0.335. The Morgan fingerprint density at radius 1 is 1.38 bits per heavy atom. The van der Waals surface area contributed by atoms with E-state index in [0.29, 0.717) is 5.56 Å². The fourth-order valence-electron chi connectivity index (χ4n) is 1.27. The van der Waals surface area contributed by atoms with E-state index in [1.807, 2.05) is 0 Å². The summed E-state index contributed by atoms with van der Waals surface area (Å²) >= 11 is 0. The highest BCUT2D eigenvalue weighted by Gasteiger charge is 2.14. The van der Waals surface area contributed by atoms with Gasteiger partial charge in [0.05, 0.1) is 12.4 Å². The zero-order valence-electron chi connectivity index (χ0n) is 8.85. The standard InChI is InChI=1S/C10H14FNO3S/c1-8(12-16(14,15)7-6-13)9-2-4-10(11)5-3-9/h2-5,8,12-13H,6-7H2,1H3. The van der Waals surface area contributed by atoms with Crippen molar-refractivity contribution in [1.29, 1.82) is 0 Å². The molecule has 0 fully saturated rings. The van der Waals surface area contributed by atoms with Crippen molar-refractivity contribution in [3.63, 3.8) is 0 Å². The molecular formula is C10H14FNO3S. The summed E-state index contributed by atoms with van der Waals surface area (Å²) in [6.45, 7) is 1.23. The van der Waals surface area contributed by atoms with Gasteiger partial charge in [-0.05, 0) is 24.6 Å². The Hall–Kier alpha value is -0.980. The summed E-state index contributed by atoms with van der Waals surface area (Å²) in [6.07, 6.45) is 0. The van der Waals surface area contributed by atoms with E-state index in [1.54, 1.807) is 6.92 Å². The molecule has 1 rings (SSSR count). The molecule has 2 N–H and O–H groups in total. The van der Waals surface area contributed by atoms with Gasteiger partial charge >= 0.3 is 0 Å². The summed E-state index contributed by atoms with van der Waals surface area (Å²) in [6, 6.07) is 5.12. The maximum absolute atomic E-state index is 12.6. The Morgan fingerprint density at radius 3 is 2.44 bits per heavy atom. The third kappa shape index (κ3) is 3.88. The number of hydrogen-bond acceptors (Lipinski definition) is 3. The molecule has 0 radical (unpaired) electrons. The molecule has 0 aliphatic rings. The first kappa shape index (κ1) is 13.1. The molecule has 1 aromatic rings. The van der Waals surface area contributed by atoms with Crippen molar-refractivity contribution in [3.8, 4) is 0 Å². The summed E-state index contributed by atoms with van der Waals surface area (Å²) < 4.78 is 37.7. The minimum Gasteiger partial charge on any atom is -0.395 e. The molecule has 90 valence electrons. The van der Waals surface area contributed by atoms with Gasteiger partial charge in [-0.3, -0.25) is 0 Å². The number of benzene rings is 1. The maximum atomic E-state index is 12.6. The van der Waals surface area contributed by atoms with Crippen LogP contribution in [0.3, 0.4) is 0 Å². The van der Waals surface area contributed by atoms with Crippen molar-refractivity contribution >= 4 is 10.0 Å². The van der Waals surface area contributed by atoms with Crippen LogP contribution in [0.2, 0.25) is 0 Å². The topological polar surface area (TPSA) is 66.4 Å². The quantitative estimate of drug-likeness (QED) is 0.808. The van der Waals surface area contributed by atoms with E-state index < -0.39 is 22.7 Å². The number of hydrogen-bond donors (Lipinski definition) is 2. The van der Waals surface area contributed by atoms with Crippen LogP contribution in [0.15, 0.2) is 24.3 Å². The third-order valence-corrected chi connectivity index (χ3v) is 3.52. The van der Waals surface area contributed by atoms with Gasteiger partial charge in [0.2, 0.25) is 10.0 Å². The Kier molecular flexibility index (Phi) is 4.40. The predicted molar refractivity (Wildman–Crippen MR) is 58.8 cm³/mol. The fraction of sp³-hybridized carbons (Fsp3) is 0.400. The number of aliphatic hydroxyl groups is 1. The fourth-order valence-corrected chi connectivity index (χ4v) is 2.30. The van der Waals surface area contributed by atoms with Crippen LogP contribution >= 0.6 is 0 Å². The first-order valence-corrected chi connectivity index (χ1v) is 6.46. The zero-order chi connectivity index (χ0) is 12.2. The molecule has 4 nitrogen and oxygen atoms in total. The van der Waals surface area contributed by atoms with Gasteiger partial charge in [0.15, 0.2) is 0 Å². The molecule has 1 aromatic carbocycles. The molecule has 0 saturated carbocycles. The van der Waals surface area contributed by atoms with Crippen LogP contribution in [0.25, 0.3) is 0 Å². The van der Waals surface area contributed by atoms with Gasteiger partial charge in [-0.2, -0.15) is 0 Å². The molecule has 0 aliphatic heterocycles. The number of rotatable bonds is 5. The number of halogens is 1. The van der Waals surface area contributed by atoms with E-state index in [2.05, 4.69) is 4.72 Å². The van der Waals surface area contributed by atoms with Crippen molar-refractivity contribution < 1.29 is 17.9 Å². The normalized spacial score (nSPS) is 13.7. The highest BCUT2D eigenvalue weighted by atomic mass is 32.2. The summed E-state index contributed by atoms with van der Waals surface area (Å²) in [5.41, 5.74) is 0.669. The molecule has 1 atom stereocenters. The summed E-state index contributed by atoms with van der Waals surface area (Å²) in [7, 11) is -3.48. The van der Waals surface area contributed by atoms with Crippen LogP contribution in [0.1, 0.15) is 18.5 Å². The first-order chi connectivity index (χ1) is 7.44. The van der Waals surface area contributed by atoms with Gasteiger partial charge < -0.3 is 5.11 Å². The predicted octanol–water partition coefficient (Wildman–Crippen LogP) is 0.798. The van der Waals surface area contributed by atoms with Gasteiger partial charge in [0.1, 0.15) is 5.82 Å². The van der Waals surface area contributed by atoms with Gasteiger partial charge in [-0.1, -0.05) is 12.1 Å². The average molecular weight is 247 g/mol. The van der Waals surface area contributed by atoms with Gasteiger partial charge in [0.25, 0.3) is 0 Å². The summed E-state index contributed by atoms with van der Waals surface area (Å²) in [4.78, 5) is 0. The smallest absolute Gasteiger partial charge is 0.214 e. The van der Waals surface area contributed by atoms with E-state index in [-0.39, 0.29) is 11.6 Å². The summed E-state index contributed by atoms with van der Waals surface area (Å²) in [5, 5.41) is 8.55. The number of sulfonamides is 1. The third-order valence-electron chi connectivity index (χ3n) is 2.09. The highest BCUT2D eigenvalue weighted by molar-refractivity contribution is 7.89. The molecule has 0 heterocycles. The second-order valence-corrected chi connectivity index (χ2v) is 5.31. The summed E-state index contributed by atoms with van der Waals surface area (Å²) in [5.74, 6) is -0.701. The molecule has 0 saturated heterocycles. The maximum Gasteiger partial charge on any atom is 0.214 e. The lowest BCUT2D eigenvalue weighted by Crippen LogP contribution is -2.30. The lowest BCUT2D eigenvalue weighted by molar-refractivity contribution is 0.319. The molecule has 6 heteroatoms. The van der Waals surface area contributed by atoms with E-state index in [4.69, 9.17) is 5.11 Å². The van der Waals surface area contributed by atoms with Gasteiger partial charge in [-0.15, -0.1) is 0 Å². The van der Waals surface area contributed by atoms with Crippen molar-refractivity contribution in [2.45, 2.75) is 13.0 Å². The Morgan fingerprint density at radius 2 is 1.94 bits per heavy atom. The zero-order valence-corrected chi connectivity index (χ0v) is 9.67. The van der Waals surface area contributed by atoms with Crippen LogP contribution in [0.4, 0.5) is 4.39 Å². The van der Waals surface area contributed by atoms with E-state index in [9.17, 15) is 12.8 Å². The van der Waals surface area contributed by atoms with Crippen LogP contribution < -0.4 is 4.72 Å². The molecule has 0 aliphatic carbocycles. The Labute approximate surface area is 94.2 Å². The highest BCUT2D eigenvalue weighted by Crippen LogP contribution is 2.13. The van der Waals surface area contributed by atoms with Gasteiger partial charge in [0, 0.05) is 6.04 Å². The second kappa shape index (κ2) is 5.38. The van der Waals surface area contributed by atoms with Gasteiger partial charge in [-0.25, -0.2) is 17.5 Å². The van der Waals surface area contributed by atoms with Crippen LogP contribution in [-0.4, -0.2) is 25.9 Å². The molecule has 0 bridgehead atoms. The lowest BCUT2D eigenvalue weighted by atomic mass is 10.1. The average Bonchev–Trinajstić information content (AvgIpc) is 2.17. The molecule has 0 spiro atoms. The molecule has 0 aromatic heterocycles. The van der Waals surface area contributed by atoms with Crippen molar-refractivity contribution in [2.75, 3.05) is 12.4 Å². The van der Waals surface area contributed by atoms with Crippen LogP contribution in [0.5, 0.6) is 0 Å². The first-order valence-electron chi connectivity index (χ1n) is 4.81. The monoisotopic (exact) mass is 247 g/mol. The Balaban J connectivity index is 2.72. The minimum atomic E-state index is -3.48. The SMILES string of the molecule is CC(NS(=O)(=O)CCO)c1ccc(F)cc1. The van der Waals surface area contributed by atoms with E-state index in [1.165, 1.54) is 24.3 Å². The second-order valence-electron chi connectivity index (χ2n) is 3.43. The lowest BCUT2D eigenvalue weighted by Gasteiger charge is -2.13. The van der Waals surface area contributed by atoms with Crippen molar-refractivity contribution in [1.82, 2.24) is 4.72 Å². The molecular weight excluding hydrogens is 233 g/mol. The number of aliphatic hydroxyl groups excluding tert-OH is 1. The van der Waals surface area contributed by atoms with E-state index in [0.717, 1.165) is 0 Å². The van der Waals surface area contributed by atoms with Crippen LogP contribution in [-0.2, 0) is 10.0 Å². The van der Waals surface area contributed by atoms with E-state index >= 15 is 0 Å². The van der Waals surface area contributed by atoms with Crippen LogP contribution in [0, 0.1) is 5.82 Å². The molecule has 0 amide bonds. The van der Waals surface area contributed by atoms with Crippen molar-refractivity contribution in [2.24, 2.45) is 0 Å².